The third kappa shape index (κ3) is 46.5. The fourth-order valence-corrected chi connectivity index (χ4v) is 8.10. The number of hydrogen-bond donors (Lipinski definition) is 2. The van der Waals surface area contributed by atoms with Gasteiger partial charge in [0.2, 0.25) is 5.91 Å². The number of phosphoric acid groups is 1. The highest BCUT2D eigenvalue weighted by molar-refractivity contribution is 7.45. The van der Waals surface area contributed by atoms with Crippen molar-refractivity contribution in [1.29, 1.82) is 0 Å². The molecule has 0 spiro atoms. The molecule has 62 heavy (non-hydrogen) atoms. The van der Waals surface area contributed by atoms with Crippen molar-refractivity contribution < 1.29 is 32.9 Å². The predicted molar refractivity (Wildman–Crippen MR) is 265 cm³/mol. The van der Waals surface area contributed by atoms with E-state index >= 15 is 0 Å². The quantitative estimate of drug-likeness (QED) is 0.0273. The second-order valence-corrected chi connectivity index (χ2v) is 20.3. The molecule has 0 aromatic rings. The Morgan fingerprint density at radius 1 is 0.565 bits per heavy atom. The van der Waals surface area contributed by atoms with Gasteiger partial charge in [-0.15, -0.1) is 0 Å². The van der Waals surface area contributed by atoms with Crippen LogP contribution in [0.15, 0.2) is 48.6 Å². The van der Waals surface area contributed by atoms with Crippen molar-refractivity contribution >= 4 is 13.7 Å². The zero-order chi connectivity index (χ0) is 45.7. The number of carbonyl (C=O) groups is 1. The summed E-state index contributed by atoms with van der Waals surface area (Å²) in [6.45, 7) is 4.59. The topological polar surface area (TPSA) is 108 Å². The van der Waals surface area contributed by atoms with E-state index in [9.17, 15) is 19.4 Å². The van der Waals surface area contributed by atoms with E-state index in [1.54, 1.807) is 6.08 Å². The number of amides is 1. The summed E-state index contributed by atoms with van der Waals surface area (Å²) in [4.78, 5) is 25.3. The lowest BCUT2D eigenvalue weighted by Gasteiger charge is -2.29. The van der Waals surface area contributed by atoms with Gasteiger partial charge in [-0.25, -0.2) is 0 Å². The minimum absolute atomic E-state index is 0.00652. The average molecular weight is 893 g/mol. The lowest BCUT2D eigenvalue weighted by molar-refractivity contribution is -0.870. The molecule has 1 amide bonds. The van der Waals surface area contributed by atoms with Gasteiger partial charge in [0.1, 0.15) is 13.2 Å². The van der Waals surface area contributed by atoms with Gasteiger partial charge >= 0.3 is 0 Å². The number of nitrogens with zero attached hydrogens (tertiary/aromatic N) is 1. The molecule has 2 N–H and O–H groups in total. The Labute approximate surface area is 384 Å². The monoisotopic (exact) mass is 893 g/mol. The average Bonchev–Trinajstić information content (AvgIpc) is 3.23. The number of aliphatic hydroxyl groups is 1. The zero-order valence-corrected chi connectivity index (χ0v) is 42.2. The van der Waals surface area contributed by atoms with Crippen LogP contribution in [0, 0.1) is 0 Å². The molecule has 0 aliphatic carbocycles. The van der Waals surface area contributed by atoms with Crippen LogP contribution in [0.2, 0.25) is 0 Å². The van der Waals surface area contributed by atoms with Gasteiger partial charge in [0.05, 0.1) is 39.9 Å². The van der Waals surface area contributed by atoms with Crippen molar-refractivity contribution in [2.24, 2.45) is 0 Å². The third-order valence-electron chi connectivity index (χ3n) is 11.5. The molecular weight excluding hydrogens is 792 g/mol. The third-order valence-corrected chi connectivity index (χ3v) is 12.5. The Morgan fingerprint density at radius 3 is 1.40 bits per heavy atom. The Bertz CT molecular complexity index is 1150. The molecule has 364 valence electrons. The van der Waals surface area contributed by atoms with Crippen LogP contribution in [0.1, 0.15) is 232 Å². The fourth-order valence-electron chi connectivity index (χ4n) is 7.38. The van der Waals surface area contributed by atoms with Gasteiger partial charge in [-0.05, 0) is 64.2 Å². The van der Waals surface area contributed by atoms with Crippen LogP contribution >= 0.6 is 7.82 Å². The number of phosphoric ester groups is 1. The maximum Gasteiger partial charge on any atom is 0.268 e. The van der Waals surface area contributed by atoms with E-state index in [2.05, 4.69) is 55.6 Å². The fraction of sp³-hybridized carbons (Fsp3) is 0.830. The molecule has 0 bridgehead atoms. The smallest absolute Gasteiger partial charge is 0.268 e. The minimum Gasteiger partial charge on any atom is -0.756 e. The largest absolute Gasteiger partial charge is 0.756 e. The van der Waals surface area contributed by atoms with Crippen LogP contribution in [0.4, 0.5) is 0 Å². The van der Waals surface area contributed by atoms with Crippen LogP contribution in [-0.4, -0.2) is 68.5 Å². The highest BCUT2D eigenvalue weighted by atomic mass is 31.2. The molecule has 0 fully saturated rings. The van der Waals surface area contributed by atoms with E-state index in [0.29, 0.717) is 17.4 Å². The van der Waals surface area contributed by atoms with Crippen LogP contribution < -0.4 is 10.2 Å². The number of unbranched alkanes of at least 4 members (excludes halogenated alkanes) is 28. The van der Waals surface area contributed by atoms with Gasteiger partial charge in [0.25, 0.3) is 7.82 Å². The number of rotatable bonds is 47. The lowest BCUT2D eigenvalue weighted by atomic mass is 10.0. The summed E-state index contributed by atoms with van der Waals surface area (Å²) in [6.07, 6.45) is 57.6. The van der Waals surface area contributed by atoms with Crippen molar-refractivity contribution in [2.75, 3.05) is 40.9 Å². The molecule has 0 radical (unpaired) electrons. The number of nitrogens with one attached hydrogen (secondary N) is 1. The molecule has 0 saturated carbocycles. The Hall–Kier alpha value is -1.54. The number of likely N-dealkylation sites (N-methyl/N-ethyl adjacent to an activating group) is 1. The first-order chi connectivity index (χ1) is 30.0. The molecule has 0 aliphatic heterocycles. The molecule has 0 heterocycles. The Balaban J connectivity index is 4.09. The molecule has 0 aromatic heterocycles. The molecule has 0 saturated heterocycles. The SMILES string of the molecule is CCCCCCC/C=C\C/C=C\CCCCCCCCCCCCCCCCCCCC(=O)NC(COP(=O)([O-])OCC[N+](C)(C)C)C(O)/C=C/CC/C=C/CCCCCCC. The van der Waals surface area contributed by atoms with Crippen LogP contribution in [-0.2, 0) is 18.4 Å². The standard InChI is InChI=1S/C53H101N2O6P/c1-6-8-10-12-14-16-18-19-20-21-22-23-24-25-26-27-28-29-30-31-32-33-34-35-37-39-41-43-45-47-53(57)54-51(50-61-62(58,59)60-49-48-55(3,4)5)52(56)46-44-42-40-38-36-17-15-13-11-9-7-2/h18-19,21-22,36,38,44,46,51-52,56H,6-17,20,23-35,37,39-43,45,47-50H2,1-5H3,(H-,54,57,58,59)/b19-18-,22-21-,38-36+,46-44+. The Morgan fingerprint density at radius 2 is 0.952 bits per heavy atom. The van der Waals surface area contributed by atoms with Gasteiger partial charge in [0.15, 0.2) is 0 Å². The van der Waals surface area contributed by atoms with Gasteiger partial charge in [0, 0.05) is 6.42 Å². The number of quaternary nitrogens is 1. The summed E-state index contributed by atoms with van der Waals surface area (Å²) in [6, 6.07) is -0.901. The summed E-state index contributed by atoms with van der Waals surface area (Å²) in [7, 11) is 1.24. The summed E-state index contributed by atoms with van der Waals surface area (Å²) in [5.41, 5.74) is 0. The predicted octanol–water partition coefficient (Wildman–Crippen LogP) is 14.6. The van der Waals surface area contributed by atoms with E-state index in [4.69, 9.17) is 9.05 Å². The molecule has 0 aromatic carbocycles. The molecule has 3 atom stereocenters. The number of allylic oxidation sites excluding steroid dienone is 7. The molecular formula is C53H101N2O6P. The first kappa shape index (κ1) is 60.5. The van der Waals surface area contributed by atoms with E-state index in [0.717, 1.165) is 44.9 Å². The molecule has 8 nitrogen and oxygen atoms in total. The molecule has 0 rings (SSSR count). The number of carbonyl (C=O) groups excluding carboxylic acids is 1. The van der Waals surface area contributed by atoms with Crippen molar-refractivity contribution in [3.05, 3.63) is 48.6 Å². The van der Waals surface area contributed by atoms with E-state index in [1.807, 2.05) is 27.2 Å². The minimum atomic E-state index is -4.59. The molecule has 0 aliphatic rings. The molecule has 3 unspecified atom stereocenters. The van der Waals surface area contributed by atoms with Gasteiger partial charge in [-0.2, -0.15) is 0 Å². The van der Waals surface area contributed by atoms with E-state index in [-0.39, 0.29) is 12.5 Å². The highest BCUT2D eigenvalue weighted by Gasteiger charge is 2.23. The van der Waals surface area contributed by atoms with Crippen LogP contribution in [0.3, 0.4) is 0 Å². The summed E-state index contributed by atoms with van der Waals surface area (Å²) in [5.74, 6) is -0.208. The second kappa shape index (κ2) is 44.7. The maximum atomic E-state index is 12.9. The van der Waals surface area contributed by atoms with E-state index < -0.39 is 26.6 Å². The van der Waals surface area contributed by atoms with E-state index in [1.165, 1.54) is 167 Å². The van der Waals surface area contributed by atoms with Crippen LogP contribution in [0.25, 0.3) is 0 Å². The normalized spacial score (nSPS) is 14.5. The van der Waals surface area contributed by atoms with Crippen molar-refractivity contribution in [3.63, 3.8) is 0 Å². The number of aliphatic hydroxyl groups excluding tert-OH is 1. The Kier molecular flexibility index (Phi) is 43.5. The van der Waals surface area contributed by atoms with Crippen molar-refractivity contribution in [3.8, 4) is 0 Å². The first-order valence-corrected chi connectivity index (χ1v) is 27.5. The van der Waals surface area contributed by atoms with Crippen LogP contribution in [0.5, 0.6) is 0 Å². The van der Waals surface area contributed by atoms with Gasteiger partial charge in [-0.3, -0.25) is 9.36 Å². The summed E-state index contributed by atoms with van der Waals surface area (Å²) >= 11 is 0. The van der Waals surface area contributed by atoms with Gasteiger partial charge < -0.3 is 28.8 Å². The summed E-state index contributed by atoms with van der Waals surface area (Å²) in [5, 5.41) is 13.8. The first-order valence-electron chi connectivity index (χ1n) is 26.0. The maximum absolute atomic E-state index is 12.9. The highest BCUT2D eigenvalue weighted by Crippen LogP contribution is 2.38. The molecule has 9 heteroatoms. The summed E-state index contributed by atoms with van der Waals surface area (Å²) < 4.78 is 23.2. The zero-order valence-electron chi connectivity index (χ0n) is 41.3. The van der Waals surface area contributed by atoms with Gasteiger partial charge in [-0.1, -0.05) is 210 Å². The number of hydrogen-bond acceptors (Lipinski definition) is 6. The lowest BCUT2D eigenvalue weighted by Crippen LogP contribution is -2.45. The van der Waals surface area contributed by atoms with Crippen molar-refractivity contribution in [2.45, 2.75) is 244 Å². The van der Waals surface area contributed by atoms with Crippen molar-refractivity contribution in [1.82, 2.24) is 5.32 Å². The second-order valence-electron chi connectivity index (χ2n) is 18.9.